The van der Waals surface area contributed by atoms with E-state index in [1.165, 1.54) is 5.56 Å². The molecule has 0 fully saturated rings. The van der Waals surface area contributed by atoms with E-state index in [-0.39, 0.29) is 11.9 Å². The normalized spacial score (nSPS) is 10.3. The van der Waals surface area contributed by atoms with Gasteiger partial charge in [0.05, 0.1) is 0 Å². The fourth-order valence-electron chi connectivity index (χ4n) is 2.62. The van der Waals surface area contributed by atoms with Gasteiger partial charge in [-0.3, -0.25) is 15.5 Å². The quantitative estimate of drug-likeness (QED) is 0.510. The Kier molecular flexibility index (Phi) is 4.87. The monoisotopic (exact) mass is 317 g/mol. The van der Waals surface area contributed by atoms with Gasteiger partial charge < -0.3 is 5.32 Å². The lowest BCUT2D eigenvalue weighted by molar-refractivity contribution is 0.0977. The summed E-state index contributed by atoms with van der Waals surface area (Å²) in [7, 11) is 0. The van der Waals surface area contributed by atoms with Crippen LogP contribution in [0, 0.1) is 5.41 Å². The van der Waals surface area contributed by atoms with Crippen LogP contribution in [-0.4, -0.2) is 18.4 Å². The summed E-state index contributed by atoms with van der Waals surface area (Å²) in [5, 5.41) is 15.3. The molecule has 0 heterocycles. The standard InChI is InChI=1S/C20H19N3O/c21-20(22-14-13-15-7-2-1-3-8-15)23-19(24)18-12-6-10-16-9-4-5-11-17(16)18/h1-12H,13-14H2,(H3,21,22,23,24). The van der Waals surface area contributed by atoms with E-state index in [9.17, 15) is 4.79 Å². The second-order valence-corrected chi connectivity index (χ2v) is 5.52. The zero-order chi connectivity index (χ0) is 16.8. The Balaban J connectivity index is 1.59. The van der Waals surface area contributed by atoms with Gasteiger partial charge in [0.25, 0.3) is 5.91 Å². The third kappa shape index (κ3) is 3.79. The lowest BCUT2D eigenvalue weighted by atomic mass is 10.0. The Morgan fingerprint density at radius 1 is 0.875 bits per heavy atom. The van der Waals surface area contributed by atoms with Crippen molar-refractivity contribution in [3.05, 3.63) is 83.9 Å². The van der Waals surface area contributed by atoms with Crippen LogP contribution in [0.3, 0.4) is 0 Å². The summed E-state index contributed by atoms with van der Waals surface area (Å²) in [5.74, 6) is -0.257. The second kappa shape index (κ2) is 7.42. The Morgan fingerprint density at radius 2 is 1.58 bits per heavy atom. The molecule has 0 bridgehead atoms. The second-order valence-electron chi connectivity index (χ2n) is 5.52. The highest BCUT2D eigenvalue weighted by Crippen LogP contribution is 2.18. The number of rotatable bonds is 4. The summed E-state index contributed by atoms with van der Waals surface area (Å²) in [6.07, 6.45) is 0.799. The van der Waals surface area contributed by atoms with E-state index >= 15 is 0 Å². The average molecular weight is 317 g/mol. The van der Waals surface area contributed by atoms with Crippen LogP contribution in [-0.2, 0) is 6.42 Å². The van der Waals surface area contributed by atoms with Crippen LogP contribution in [0.4, 0.5) is 0 Å². The predicted molar refractivity (Wildman–Crippen MR) is 97.3 cm³/mol. The summed E-state index contributed by atoms with van der Waals surface area (Å²) in [4.78, 5) is 12.4. The molecule has 0 saturated carbocycles. The van der Waals surface area contributed by atoms with Crippen LogP contribution in [0.1, 0.15) is 15.9 Å². The number of nitrogens with one attached hydrogen (secondary N) is 3. The fraction of sp³-hybridized carbons (Fsp3) is 0.100. The van der Waals surface area contributed by atoms with Crippen molar-refractivity contribution in [3.8, 4) is 0 Å². The number of hydrogen-bond donors (Lipinski definition) is 3. The SMILES string of the molecule is N=C(NCCc1ccccc1)NC(=O)c1cccc2ccccc12. The molecular formula is C20H19N3O. The molecule has 1 amide bonds. The van der Waals surface area contributed by atoms with Gasteiger partial charge >= 0.3 is 0 Å². The number of benzene rings is 3. The largest absolute Gasteiger partial charge is 0.356 e. The summed E-state index contributed by atoms with van der Waals surface area (Å²) in [6, 6.07) is 23.4. The minimum atomic E-state index is -0.274. The first-order chi connectivity index (χ1) is 11.7. The highest BCUT2D eigenvalue weighted by atomic mass is 16.1. The van der Waals surface area contributed by atoms with Crippen molar-refractivity contribution in [2.75, 3.05) is 6.54 Å². The minimum Gasteiger partial charge on any atom is -0.356 e. The molecule has 24 heavy (non-hydrogen) atoms. The van der Waals surface area contributed by atoms with Crippen molar-refractivity contribution in [1.29, 1.82) is 5.41 Å². The van der Waals surface area contributed by atoms with Gasteiger partial charge in [-0.1, -0.05) is 66.7 Å². The first kappa shape index (κ1) is 15.7. The van der Waals surface area contributed by atoms with Gasteiger partial charge in [-0.05, 0) is 28.8 Å². The Labute approximate surface area is 141 Å². The molecule has 0 radical (unpaired) electrons. The van der Waals surface area contributed by atoms with E-state index in [1.807, 2.05) is 66.7 Å². The molecule has 3 N–H and O–H groups in total. The topological polar surface area (TPSA) is 65.0 Å². The highest BCUT2D eigenvalue weighted by molar-refractivity contribution is 6.12. The summed E-state index contributed by atoms with van der Waals surface area (Å²) < 4.78 is 0. The predicted octanol–water partition coefficient (Wildman–Crippen LogP) is 3.34. The zero-order valence-electron chi connectivity index (χ0n) is 13.3. The van der Waals surface area contributed by atoms with E-state index in [0.29, 0.717) is 12.1 Å². The molecule has 3 rings (SSSR count). The maximum absolute atomic E-state index is 12.4. The van der Waals surface area contributed by atoms with Crippen LogP contribution < -0.4 is 10.6 Å². The maximum atomic E-state index is 12.4. The smallest absolute Gasteiger partial charge is 0.258 e. The molecule has 3 aromatic carbocycles. The van der Waals surface area contributed by atoms with E-state index in [1.54, 1.807) is 6.07 Å². The van der Waals surface area contributed by atoms with Crippen LogP contribution in [0.2, 0.25) is 0 Å². The van der Waals surface area contributed by atoms with Gasteiger partial charge in [0.2, 0.25) is 0 Å². The van der Waals surface area contributed by atoms with Gasteiger partial charge in [-0.15, -0.1) is 0 Å². The lowest BCUT2D eigenvalue weighted by Crippen LogP contribution is -2.41. The number of carbonyl (C=O) groups excluding carboxylic acids is 1. The third-order valence-electron chi connectivity index (χ3n) is 3.83. The lowest BCUT2D eigenvalue weighted by Gasteiger charge is -2.11. The van der Waals surface area contributed by atoms with Crippen molar-refractivity contribution in [1.82, 2.24) is 10.6 Å². The molecule has 3 aromatic rings. The number of fused-ring (bicyclic) bond motifs is 1. The van der Waals surface area contributed by atoms with E-state index < -0.39 is 0 Å². The molecule has 0 aliphatic heterocycles. The van der Waals surface area contributed by atoms with Gasteiger partial charge in [0.15, 0.2) is 5.96 Å². The van der Waals surface area contributed by atoms with Crippen LogP contribution in [0.25, 0.3) is 10.8 Å². The molecule has 0 aliphatic carbocycles. The van der Waals surface area contributed by atoms with Crippen LogP contribution in [0.15, 0.2) is 72.8 Å². The van der Waals surface area contributed by atoms with Gasteiger partial charge in [0.1, 0.15) is 0 Å². The van der Waals surface area contributed by atoms with Crippen molar-refractivity contribution < 1.29 is 4.79 Å². The molecule has 120 valence electrons. The number of amides is 1. The molecule has 0 aliphatic rings. The third-order valence-corrected chi connectivity index (χ3v) is 3.83. The molecular weight excluding hydrogens is 298 g/mol. The van der Waals surface area contributed by atoms with Gasteiger partial charge in [-0.25, -0.2) is 0 Å². The number of carbonyl (C=O) groups is 1. The van der Waals surface area contributed by atoms with Gasteiger partial charge in [-0.2, -0.15) is 0 Å². The molecule has 4 nitrogen and oxygen atoms in total. The highest BCUT2D eigenvalue weighted by Gasteiger charge is 2.10. The molecule has 0 atom stereocenters. The summed E-state index contributed by atoms with van der Waals surface area (Å²) in [5.41, 5.74) is 1.76. The molecule has 0 saturated heterocycles. The summed E-state index contributed by atoms with van der Waals surface area (Å²) in [6.45, 7) is 0.596. The molecule has 0 aromatic heterocycles. The van der Waals surface area contributed by atoms with Crippen molar-refractivity contribution in [2.24, 2.45) is 0 Å². The van der Waals surface area contributed by atoms with Crippen molar-refractivity contribution in [2.45, 2.75) is 6.42 Å². The zero-order valence-corrected chi connectivity index (χ0v) is 13.3. The van der Waals surface area contributed by atoms with Crippen LogP contribution >= 0.6 is 0 Å². The summed E-state index contributed by atoms with van der Waals surface area (Å²) >= 11 is 0. The average Bonchev–Trinajstić information content (AvgIpc) is 2.62. The molecule has 0 unspecified atom stereocenters. The first-order valence-electron chi connectivity index (χ1n) is 7.89. The molecule has 0 spiro atoms. The minimum absolute atomic E-state index is 0.0175. The van der Waals surface area contributed by atoms with Gasteiger partial charge in [0, 0.05) is 12.1 Å². The Bertz CT molecular complexity index is 854. The maximum Gasteiger partial charge on any atom is 0.258 e. The van der Waals surface area contributed by atoms with E-state index in [2.05, 4.69) is 10.6 Å². The van der Waals surface area contributed by atoms with E-state index in [0.717, 1.165) is 17.2 Å². The molecule has 4 heteroatoms. The van der Waals surface area contributed by atoms with Crippen LogP contribution in [0.5, 0.6) is 0 Å². The Morgan fingerprint density at radius 3 is 2.42 bits per heavy atom. The first-order valence-corrected chi connectivity index (χ1v) is 7.89. The Hall–Kier alpha value is -3.14. The van der Waals surface area contributed by atoms with E-state index in [4.69, 9.17) is 5.41 Å². The number of guanidine groups is 1. The fourth-order valence-corrected chi connectivity index (χ4v) is 2.62. The van der Waals surface area contributed by atoms with Crippen molar-refractivity contribution in [3.63, 3.8) is 0 Å². The number of hydrogen-bond acceptors (Lipinski definition) is 2. The van der Waals surface area contributed by atoms with Crippen molar-refractivity contribution >= 4 is 22.6 Å².